The molecule has 0 aromatic heterocycles. The van der Waals surface area contributed by atoms with Gasteiger partial charge < -0.3 is 10.2 Å². The smallest absolute Gasteiger partial charge is 0.253 e. The minimum Gasteiger partial charge on any atom is -0.410 e. The van der Waals surface area contributed by atoms with E-state index >= 15 is 0 Å². The van der Waals surface area contributed by atoms with Crippen molar-refractivity contribution in [2.24, 2.45) is 5.73 Å². The van der Waals surface area contributed by atoms with Gasteiger partial charge in [0.05, 0.1) is 0 Å². The summed E-state index contributed by atoms with van der Waals surface area (Å²) in [5.41, 5.74) is 8.42. The van der Waals surface area contributed by atoms with E-state index in [2.05, 4.69) is 69.3 Å². The molecule has 117 valence electrons. The van der Waals surface area contributed by atoms with Crippen LogP contribution >= 0.6 is 0 Å². The van der Waals surface area contributed by atoms with Crippen molar-refractivity contribution in [1.82, 2.24) is 0 Å². The molecule has 1 radical (unpaired) electrons. The second-order valence-corrected chi connectivity index (χ2v) is 9.76. The van der Waals surface area contributed by atoms with Crippen LogP contribution < -0.4 is 10.9 Å². The lowest BCUT2D eigenvalue weighted by molar-refractivity contribution is 0.289. The summed E-state index contributed by atoms with van der Waals surface area (Å²) in [4.78, 5) is 0. The van der Waals surface area contributed by atoms with Crippen molar-refractivity contribution < 1.29 is 4.43 Å². The van der Waals surface area contributed by atoms with Crippen LogP contribution in [0.1, 0.15) is 27.7 Å². The maximum absolute atomic E-state index is 6.29. The van der Waals surface area contributed by atoms with E-state index in [9.17, 15) is 0 Å². The molecule has 2 rings (SSSR count). The molecule has 0 aliphatic heterocycles. The maximum Gasteiger partial charge on any atom is 0.253 e. The van der Waals surface area contributed by atoms with Gasteiger partial charge in [0.15, 0.2) is 0 Å². The van der Waals surface area contributed by atoms with Gasteiger partial charge in [0, 0.05) is 12.6 Å². The minimum absolute atomic E-state index is 0.0613. The maximum atomic E-state index is 6.29. The lowest BCUT2D eigenvalue weighted by Gasteiger charge is -2.30. The van der Waals surface area contributed by atoms with Gasteiger partial charge in [-0.2, -0.15) is 0 Å². The molecular weight excluding hydrogens is 286 g/mol. The lowest BCUT2D eigenvalue weighted by atomic mass is 10.1. The SMILES string of the molecule is CC(N)CO[Si](c1ccccc1-c1ccccc1)C(C)(C)C. The third-order valence-corrected chi connectivity index (χ3v) is 6.17. The summed E-state index contributed by atoms with van der Waals surface area (Å²) in [5.74, 6) is 0. The van der Waals surface area contributed by atoms with Crippen LogP contribution in [0.15, 0.2) is 54.6 Å². The predicted octanol–water partition coefficient (Wildman–Crippen LogP) is 3.72. The summed E-state index contributed by atoms with van der Waals surface area (Å²) in [6, 6.07) is 19.2. The van der Waals surface area contributed by atoms with E-state index in [0.29, 0.717) is 6.61 Å². The van der Waals surface area contributed by atoms with Crippen LogP contribution in [-0.4, -0.2) is 21.7 Å². The Kier molecular flexibility index (Phi) is 5.56. The summed E-state index contributed by atoms with van der Waals surface area (Å²) in [6.07, 6.45) is 0. The first-order chi connectivity index (χ1) is 10.4. The Morgan fingerprint density at radius 1 is 1.00 bits per heavy atom. The fourth-order valence-electron chi connectivity index (χ4n) is 2.46. The van der Waals surface area contributed by atoms with Gasteiger partial charge in [-0.3, -0.25) is 0 Å². The molecule has 1 unspecified atom stereocenters. The summed E-state index contributed by atoms with van der Waals surface area (Å²) in [7, 11) is -1.19. The van der Waals surface area contributed by atoms with Crippen LogP contribution in [0.2, 0.25) is 5.04 Å². The standard InChI is InChI=1S/C19H26NOSi/c1-15(20)14-21-22(19(2,3)4)18-13-9-8-12-17(18)16-10-6-5-7-11-16/h5-13,15H,14,20H2,1-4H3. The number of hydrogen-bond acceptors (Lipinski definition) is 2. The van der Waals surface area contributed by atoms with Crippen molar-refractivity contribution in [3.05, 3.63) is 54.6 Å². The number of nitrogens with two attached hydrogens (primary N) is 1. The molecule has 2 nitrogen and oxygen atoms in total. The van der Waals surface area contributed by atoms with Crippen LogP contribution in [0.25, 0.3) is 11.1 Å². The molecule has 0 amide bonds. The molecule has 0 heterocycles. The number of benzene rings is 2. The summed E-state index contributed by atoms with van der Waals surface area (Å²) < 4.78 is 6.29. The molecule has 0 spiro atoms. The highest BCUT2D eigenvalue weighted by Crippen LogP contribution is 2.30. The second kappa shape index (κ2) is 7.23. The molecule has 22 heavy (non-hydrogen) atoms. The highest BCUT2D eigenvalue weighted by molar-refractivity contribution is 6.71. The molecule has 1 atom stereocenters. The van der Waals surface area contributed by atoms with Gasteiger partial charge >= 0.3 is 0 Å². The quantitative estimate of drug-likeness (QED) is 0.854. The monoisotopic (exact) mass is 312 g/mol. The van der Waals surface area contributed by atoms with E-state index in [0.717, 1.165) is 0 Å². The molecule has 2 aromatic carbocycles. The molecule has 2 aromatic rings. The molecule has 0 saturated carbocycles. The molecule has 0 saturated heterocycles. The summed E-state index contributed by atoms with van der Waals surface area (Å²) in [6.45, 7) is 9.36. The van der Waals surface area contributed by atoms with Crippen LogP contribution in [0, 0.1) is 0 Å². The highest BCUT2D eigenvalue weighted by Gasteiger charge is 2.33. The minimum atomic E-state index is -1.19. The third kappa shape index (κ3) is 4.29. The first-order valence-electron chi connectivity index (χ1n) is 7.80. The lowest BCUT2D eigenvalue weighted by Crippen LogP contribution is -2.44. The second-order valence-electron chi connectivity index (χ2n) is 6.78. The fourth-order valence-corrected chi connectivity index (χ4v) is 5.01. The van der Waals surface area contributed by atoms with Gasteiger partial charge in [-0.15, -0.1) is 0 Å². The molecule has 0 aliphatic carbocycles. The Bertz CT molecular complexity index is 590. The molecule has 0 aliphatic rings. The van der Waals surface area contributed by atoms with Gasteiger partial charge in [0.1, 0.15) is 0 Å². The zero-order valence-corrected chi connectivity index (χ0v) is 15.0. The van der Waals surface area contributed by atoms with Crippen molar-refractivity contribution in [3.63, 3.8) is 0 Å². The molecular formula is C19H26NOSi. The Hall–Kier alpha value is -1.42. The first-order valence-corrected chi connectivity index (χ1v) is 9.21. The van der Waals surface area contributed by atoms with Crippen LogP contribution in [0.3, 0.4) is 0 Å². The van der Waals surface area contributed by atoms with Gasteiger partial charge in [0.2, 0.25) is 0 Å². The Balaban J connectivity index is 2.44. The zero-order valence-electron chi connectivity index (χ0n) is 14.0. The summed E-state index contributed by atoms with van der Waals surface area (Å²) >= 11 is 0. The Morgan fingerprint density at radius 2 is 1.59 bits per heavy atom. The fraction of sp³-hybridized carbons (Fsp3) is 0.368. The zero-order chi connectivity index (χ0) is 16.2. The normalized spacial score (nSPS) is 13.4. The van der Waals surface area contributed by atoms with Crippen molar-refractivity contribution in [2.75, 3.05) is 6.61 Å². The van der Waals surface area contributed by atoms with E-state index in [-0.39, 0.29) is 11.1 Å². The number of hydrogen-bond donors (Lipinski definition) is 1. The summed E-state index contributed by atoms with van der Waals surface area (Å²) in [5, 5.41) is 1.43. The van der Waals surface area contributed by atoms with Crippen LogP contribution in [0.4, 0.5) is 0 Å². The van der Waals surface area contributed by atoms with E-state index in [1.807, 2.05) is 13.0 Å². The number of rotatable bonds is 5. The van der Waals surface area contributed by atoms with Gasteiger partial charge in [-0.25, -0.2) is 0 Å². The molecule has 2 N–H and O–H groups in total. The van der Waals surface area contributed by atoms with Gasteiger partial charge in [-0.1, -0.05) is 75.4 Å². The average Bonchev–Trinajstić information content (AvgIpc) is 2.47. The van der Waals surface area contributed by atoms with Crippen LogP contribution in [0.5, 0.6) is 0 Å². The van der Waals surface area contributed by atoms with Crippen molar-refractivity contribution in [2.45, 2.75) is 38.8 Å². The largest absolute Gasteiger partial charge is 0.410 e. The molecule has 3 heteroatoms. The van der Waals surface area contributed by atoms with E-state index in [1.54, 1.807) is 0 Å². The Morgan fingerprint density at radius 3 is 2.18 bits per heavy atom. The van der Waals surface area contributed by atoms with E-state index in [4.69, 9.17) is 10.2 Å². The van der Waals surface area contributed by atoms with Crippen molar-refractivity contribution >= 4 is 14.2 Å². The van der Waals surface area contributed by atoms with Crippen molar-refractivity contribution in [1.29, 1.82) is 0 Å². The van der Waals surface area contributed by atoms with Gasteiger partial charge in [0.25, 0.3) is 9.04 Å². The third-order valence-electron chi connectivity index (χ3n) is 3.43. The first kappa shape index (κ1) is 16.9. The molecule has 0 fully saturated rings. The average molecular weight is 313 g/mol. The topological polar surface area (TPSA) is 35.2 Å². The van der Waals surface area contributed by atoms with E-state index in [1.165, 1.54) is 16.3 Å². The predicted molar refractivity (Wildman–Crippen MR) is 96.6 cm³/mol. The highest BCUT2D eigenvalue weighted by atomic mass is 28.3. The van der Waals surface area contributed by atoms with E-state index < -0.39 is 9.04 Å². The molecule has 0 bridgehead atoms. The Labute approximate surface area is 136 Å². The van der Waals surface area contributed by atoms with Gasteiger partial charge in [-0.05, 0) is 28.3 Å². The van der Waals surface area contributed by atoms with Crippen LogP contribution in [-0.2, 0) is 4.43 Å². The van der Waals surface area contributed by atoms with Crippen molar-refractivity contribution in [3.8, 4) is 11.1 Å².